The zero-order valence-electron chi connectivity index (χ0n) is 29.4. The molecule has 0 amide bonds. The normalized spacial score (nSPS) is 53.9. The molecule has 3 saturated carbocycles. The first-order chi connectivity index (χ1) is 23.9. The number of fused-ring (bicyclic) bond motifs is 7. The average Bonchev–Trinajstić information content (AvgIpc) is 3.42. The summed E-state index contributed by atoms with van der Waals surface area (Å²) in [4.78, 5) is 53.1. The third-order valence-electron chi connectivity index (χ3n) is 13.8. The summed E-state index contributed by atoms with van der Waals surface area (Å²) in [6.07, 6.45) is -2.95. The third-order valence-corrected chi connectivity index (χ3v) is 13.8. The van der Waals surface area contributed by atoms with E-state index >= 15 is 0 Å². The highest BCUT2D eigenvalue weighted by atomic mass is 16.7. The Labute approximate surface area is 293 Å². The Morgan fingerprint density at radius 3 is 2.35 bits per heavy atom. The lowest BCUT2D eigenvalue weighted by atomic mass is 9.39. The molecule has 16 nitrogen and oxygen atoms in total. The van der Waals surface area contributed by atoms with Crippen LogP contribution in [0.15, 0.2) is 24.0 Å². The molecule has 0 radical (unpaired) electrons. The van der Waals surface area contributed by atoms with Crippen molar-refractivity contribution in [3.63, 3.8) is 0 Å². The average molecular weight is 721 g/mol. The van der Waals surface area contributed by atoms with Crippen LogP contribution in [0.3, 0.4) is 0 Å². The topological polar surface area (TPSA) is 215 Å². The Balaban J connectivity index is 1.39. The Hall–Kier alpha value is -3.12. The first-order valence-electron chi connectivity index (χ1n) is 17.2. The number of carbonyl (C=O) groups is 4. The van der Waals surface area contributed by atoms with Crippen molar-refractivity contribution < 1.29 is 77.1 Å². The number of aliphatic hydroxyl groups is 3. The van der Waals surface area contributed by atoms with Gasteiger partial charge in [0, 0.05) is 54.4 Å². The van der Waals surface area contributed by atoms with Gasteiger partial charge in [-0.05, 0) is 33.3 Å². The molecule has 8 rings (SSSR count). The minimum absolute atomic E-state index is 0.242. The van der Waals surface area contributed by atoms with Crippen molar-refractivity contribution in [2.75, 3.05) is 20.3 Å². The predicted octanol–water partition coefficient (Wildman–Crippen LogP) is -0.0606. The molecule has 3 N–H and O–H groups in total. The van der Waals surface area contributed by atoms with Crippen LogP contribution in [0.5, 0.6) is 0 Å². The summed E-state index contributed by atoms with van der Waals surface area (Å²) in [7, 11) is 1.07. The van der Waals surface area contributed by atoms with Crippen LogP contribution in [-0.4, -0.2) is 125 Å². The molecule has 1 spiro atoms. The molecule has 3 aliphatic carbocycles. The van der Waals surface area contributed by atoms with E-state index in [4.69, 9.17) is 42.6 Å². The lowest BCUT2D eigenvalue weighted by Crippen LogP contribution is -2.80. The van der Waals surface area contributed by atoms with Gasteiger partial charge in [0.1, 0.15) is 23.4 Å². The maximum Gasteiger partial charge on any atom is 0.366 e. The maximum absolute atomic E-state index is 13.9. The highest BCUT2D eigenvalue weighted by Gasteiger charge is 2.97. The van der Waals surface area contributed by atoms with Gasteiger partial charge in [0.15, 0.2) is 11.2 Å². The second kappa shape index (κ2) is 10.5. The molecule has 6 unspecified atom stereocenters. The molecule has 5 aliphatic heterocycles. The van der Waals surface area contributed by atoms with Crippen LogP contribution < -0.4 is 0 Å². The van der Waals surface area contributed by atoms with Gasteiger partial charge in [-0.1, -0.05) is 13.0 Å². The number of esters is 4. The number of rotatable bonds is 6. The Kier molecular flexibility index (Phi) is 7.20. The summed E-state index contributed by atoms with van der Waals surface area (Å²) in [5.74, 6) is -9.57. The number of ether oxygens (including phenoxy) is 9. The first-order valence-corrected chi connectivity index (χ1v) is 17.2. The predicted molar refractivity (Wildman–Crippen MR) is 164 cm³/mol. The van der Waals surface area contributed by atoms with Gasteiger partial charge < -0.3 is 58.0 Å². The van der Waals surface area contributed by atoms with E-state index in [2.05, 4.69) is 0 Å². The summed E-state index contributed by atoms with van der Waals surface area (Å²) < 4.78 is 54.7. The number of hydrogen-bond acceptors (Lipinski definition) is 16. The number of methoxy groups -OCH3 is 1. The van der Waals surface area contributed by atoms with E-state index in [1.54, 1.807) is 33.8 Å². The van der Waals surface area contributed by atoms with Crippen LogP contribution in [0.25, 0.3) is 0 Å². The van der Waals surface area contributed by atoms with Crippen molar-refractivity contribution in [2.24, 2.45) is 28.6 Å². The SMILES string of the molecule is C/C=C(\C)C(=O)O[C@H]1C[C@@H](OC(C)=O)[C@@]2(OC(C)=O)CO[C@@H]3C2C12COC(O)(C(=O)OC)[C@H]2[C@](C)([C@]12OC1(C)C1C[C@H]2O[C@@H]2OC=CC12O)[C@@H]3O. The summed E-state index contributed by atoms with van der Waals surface area (Å²) in [6.45, 7) is 8.14. The van der Waals surface area contributed by atoms with Gasteiger partial charge in [0.2, 0.25) is 6.29 Å². The second-order valence-electron chi connectivity index (χ2n) is 15.8. The van der Waals surface area contributed by atoms with Gasteiger partial charge in [-0.2, -0.15) is 0 Å². The van der Waals surface area contributed by atoms with Gasteiger partial charge >= 0.3 is 23.9 Å². The lowest BCUT2D eigenvalue weighted by molar-refractivity contribution is -0.320. The number of hydrogen-bond donors (Lipinski definition) is 3. The molecule has 4 saturated heterocycles. The molecular formula is C35H44O16. The molecular weight excluding hydrogens is 676 g/mol. The third kappa shape index (κ3) is 3.79. The number of carbonyl (C=O) groups excluding carboxylic acids is 4. The van der Waals surface area contributed by atoms with E-state index in [-0.39, 0.29) is 25.0 Å². The van der Waals surface area contributed by atoms with Crippen molar-refractivity contribution in [1.82, 2.24) is 0 Å². The van der Waals surface area contributed by atoms with Crippen LogP contribution >= 0.6 is 0 Å². The van der Waals surface area contributed by atoms with E-state index in [1.165, 1.54) is 26.2 Å². The standard InChI is InChI=1S/C35H44O16/c1-8-15(2)25(39)48-19-12-20(47-16(3)36)33(50-17(4)37)14-45-22-23(33)31(19)13-46-34(42,27(40)43-7)26(31)29(5,24(22)38)35-21-11-18(30(35,6)51-35)32(41)9-10-44-28(32)49-21/h8-10,18-24,26,28,38,41-42H,11-14H2,1-7H3/b15-8+/t18?,19-,20+,21+,22+,23?,24+,26-,28-,29+,30?,31?,32?,33-,34?,35-/m0/s1. The molecule has 7 fully saturated rings. The number of aliphatic hydroxyl groups excluding tert-OH is 1. The number of epoxide rings is 1. The van der Waals surface area contributed by atoms with Crippen LogP contribution in [0, 0.1) is 28.6 Å². The van der Waals surface area contributed by atoms with Crippen molar-refractivity contribution in [3.8, 4) is 0 Å². The molecule has 8 aliphatic rings. The summed E-state index contributed by atoms with van der Waals surface area (Å²) in [5, 5.41) is 37.4. The summed E-state index contributed by atoms with van der Waals surface area (Å²) in [5.41, 5.74) is -9.37. The Morgan fingerprint density at radius 2 is 1.71 bits per heavy atom. The maximum atomic E-state index is 13.9. The van der Waals surface area contributed by atoms with Crippen LogP contribution in [0.4, 0.5) is 0 Å². The van der Waals surface area contributed by atoms with Crippen molar-refractivity contribution in [2.45, 2.75) is 119 Å². The highest BCUT2D eigenvalue weighted by molar-refractivity contribution is 5.88. The summed E-state index contributed by atoms with van der Waals surface area (Å²) >= 11 is 0. The molecule has 0 aromatic heterocycles. The molecule has 51 heavy (non-hydrogen) atoms. The fraction of sp³-hybridized carbons (Fsp3) is 0.771. The van der Waals surface area contributed by atoms with Gasteiger partial charge in [0.05, 0.1) is 44.9 Å². The van der Waals surface area contributed by atoms with E-state index < -0.39 is 124 Å². The molecule has 16 atom stereocenters. The minimum atomic E-state index is -2.81. The Morgan fingerprint density at radius 1 is 0.980 bits per heavy atom. The second-order valence-corrected chi connectivity index (χ2v) is 15.8. The van der Waals surface area contributed by atoms with Crippen LogP contribution in [0.1, 0.15) is 54.4 Å². The largest absolute Gasteiger partial charge is 0.469 e. The van der Waals surface area contributed by atoms with Gasteiger partial charge in [-0.25, -0.2) is 9.59 Å². The van der Waals surface area contributed by atoms with Gasteiger partial charge in [-0.15, -0.1) is 0 Å². The quantitative estimate of drug-likeness (QED) is 0.142. The molecule has 16 heteroatoms. The first kappa shape index (κ1) is 34.9. The van der Waals surface area contributed by atoms with Gasteiger partial charge in [-0.3, -0.25) is 9.59 Å². The lowest BCUT2D eigenvalue weighted by Gasteiger charge is -2.65. The molecule has 2 bridgehead atoms. The van der Waals surface area contributed by atoms with Crippen molar-refractivity contribution in [3.05, 3.63) is 24.0 Å². The highest BCUT2D eigenvalue weighted by Crippen LogP contribution is 2.82. The smallest absolute Gasteiger partial charge is 0.366 e. The van der Waals surface area contributed by atoms with E-state index in [9.17, 15) is 34.5 Å². The number of allylic oxidation sites excluding steroid dienone is 1. The Bertz CT molecular complexity index is 1660. The van der Waals surface area contributed by atoms with Crippen LogP contribution in [-0.2, 0) is 61.8 Å². The van der Waals surface area contributed by atoms with Gasteiger partial charge in [0.25, 0.3) is 5.79 Å². The molecule has 0 aromatic carbocycles. The van der Waals surface area contributed by atoms with E-state index in [0.717, 1.165) is 7.11 Å². The zero-order chi connectivity index (χ0) is 36.9. The van der Waals surface area contributed by atoms with E-state index in [1.807, 2.05) is 0 Å². The van der Waals surface area contributed by atoms with Crippen LogP contribution in [0.2, 0.25) is 0 Å². The molecule has 0 aromatic rings. The summed E-state index contributed by atoms with van der Waals surface area (Å²) in [6, 6.07) is 0. The monoisotopic (exact) mass is 720 g/mol. The fourth-order valence-corrected chi connectivity index (χ4v) is 12.0. The molecule has 5 heterocycles. The van der Waals surface area contributed by atoms with Crippen molar-refractivity contribution >= 4 is 23.9 Å². The fourth-order valence-electron chi connectivity index (χ4n) is 12.0. The minimum Gasteiger partial charge on any atom is -0.469 e. The van der Waals surface area contributed by atoms with E-state index in [0.29, 0.717) is 0 Å². The van der Waals surface area contributed by atoms with Crippen molar-refractivity contribution in [1.29, 1.82) is 0 Å². The molecule has 280 valence electrons. The zero-order valence-corrected chi connectivity index (χ0v) is 29.4.